The number of rotatable bonds is 56. The Hall–Kier alpha value is -3.29. The second kappa shape index (κ2) is 56.5. The molecule has 17 unspecified atom stereocenters. The Morgan fingerprint density at radius 2 is 0.726 bits per heavy atom. The molecule has 3 rings (SSSR count). The van der Waals surface area contributed by atoms with Crippen molar-refractivity contribution < 1.29 is 89.4 Å². The lowest BCUT2D eigenvalue weighted by molar-refractivity contribution is -0.379. The molecule has 19 nitrogen and oxygen atoms in total. The van der Waals surface area contributed by atoms with Gasteiger partial charge in [0, 0.05) is 6.42 Å². The van der Waals surface area contributed by atoms with Crippen molar-refractivity contribution in [3.63, 3.8) is 0 Å². The summed E-state index contributed by atoms with van der Waals surface area (Å²) >= 11 is 0. The number of carbonyl (C=O) groups excluding carboxylic acids is 1. The van der Waals surface area contributed by atoms with Crippen molar-refractivity contribution in [2.45, 2.75) is 349 Å². The van der Waals surface area contributed by atoms with Gasteiger partial charge in [-0.25, -0.2) is 0 Å². The van der Waals surface area contributed by atoms with Gasteiger partial charge in [-0.15, -0.1) is 0 Å². The standard InChI is InChI=1S/C76H131NO18/c1-3-5-7-9-11-13-15-17-19-21-23-25-27-28-29-30-32-34-36-38-40-42-44-46-48-50-52-54-64(82)77-59(60(81)53-51-49-47-45-43-41-39-37-35-33-31-26-24-22-20-18-16-14-12-10-8-6-4-2)58-90-74-70(88)67(85)72(62(56-79)92-74)95-76-71(89)68(86)73(63(57-80)93-76)94-75-69(87)66(84)65(83)61(55-78)91-75/h5,7,11,13,17,19,23,25,28-29,32,34,38,40,51,53,59-63,65-76,78-81,83-89H,3-4,6,8-10,12,14-16,18,20-22,24,26-27,30-31,33,35-37,39,41-50,52,54-58H2,1-2H3,(H,77,82)/b7-5-,13-11-,19-17-,25-23-,29-28-,34-32-,40-38-,53-51+. The number of amides is 1. The van der Waals surface area contributed by atoms with Gasteiger partial charge in [0.15, 0.2) is 18.9 Å². The number of nitrogens with one attached hydrogen (secondary N) is 1. The lowest BCUT2D eigenvalue weighted by atomic mass is 9.96. The molecule has 3 saturated heterocycles. The van der Waals surface area contributed by atoms with Crippen molar-refractivity contribution in [2.75, 3.05) is 26.4 Å². The molecule has 0 saturated carbocycles. The van der Waals surface area contributed by atoms with E-state index in [1.54, 1.807) is 6.08 Å². The molecule has 3 aliphatic heterocycles. The van der Waals surface area contributed by atoms with Crippen LogP contribution in [0, 0.1) is 0 Å². The van der Waals surface area contributed by atoms with Crippen molar-refractivity contribution in [1.29, 1.82) is 0 Å². The van der Waals surface area contributed by atoms with E-state index >= 15 is 0 Å². The Morgan fingerprint density at radius 3 is 1.14 bits per heavy atom. The number of ether oxygens (including phenoxy) is 6. The minimum atomic E-state index is -1.99. The van der Waals surface area contributed by atoms with E-state index in [1.807, 2.05) is 6.08 Å². The summed E-state index contributed by atoms with van der Waals surface area (Å²) in [6, 6.07) is -0.992. The average Bonchev–Trinajstić information content (AvgIpc) is 0.787. The van der Waals surface area contributed by atoms with Crippen LogP contribution in [0.15, 0.2) is 97.2 Å². The molecule has 0 radical (unpaired) electrons. The maximum absolute atomic E-state index is 13.4. The Kier molecular flexibility index (Phi) is 51.1. The Bertz CT molecular complexity index is 2100. The normalized spacial score (nSPS) is 27.8. The van der Waals surface area contributed by atoms with Crippen LogP contribution in [0.4, 0.5) is 0 Å². The molecule has 0 aromatic heterocycles. The number of unbranched alkanes of at least 4 members (excludes halogenated alkanes) is 26. The minimum Gasteiger partial charge on any atom is -0.394 e. The number of aliphatic hydroxyl groups excluding tert-OH is 11. The molecule has 17 atom stereocenters. The lowest BCUT2D eigenvalue weighted by Gasteiger charge is -2.48. The first kappa shape index (κ1) is 85.9. The highest BCUT2D eigenvalue weighted by molar-refractivity contribution is 5.76. The number of hydrogen-bond donors (Lipinski definition) is 12. The lowest BCUT2D eigenvalue weighted by Crippen LogP contribution is -2.66. The highest BCUT2D eigenvalue weighted by Crippen LogP contribution is 2.33. The van der Waals surface area contributed by atoms with Gasteiger partial charge in [0.05, 0.1) is 38.6 Å². The van der Waals surface area contributed by atoms with Gasteiger partial charge >= 0.3 is 0 Å². The largest absolute Gasteiger partial charge is 0.394 e. The molecule has 3 heterocycles. The Labute approximate surface area is 571 Å². The fourth-order valence-corrected chi connectivity index (χ4v) is 11.9. The van der Waals surface area contributed by atoms with Crippen LogP contribution in [0.25, 0.3) is 0 Å². The molecule has 3 fully saturated rings. The molecule has 1 amide bonds. The van der Waals surface area contributed by atoms with Crippen molar-refractivity contribution in [2.24, 2.45) is 0 Å². The van der Waals surface area contributed by atoms with Crippen LogP contribution in [0.2, 0.25) is 0 Å². The van der Waals surface area contributed by atoms with Crippen LogP contribution in [0.3, 0.4) is 0 Å². The highest BCUT2D eigenvalue weighted by atomic mass is 16.8. The smallest absolute Gasteiger partial charge is 0.220 e. The number of hydrogen-bond acceptors (Lipinski definition) is 18. The van der Waals surface area contributed by atoms with Crippen LogP contribution >= 0.6 is 0 Å². The van der Waals surface area contributed by atoms with E-state index in [0.29, 0.717) is 6.42 Å². The van der Waals surface area contributed by atoms with Crippen LogP contribution in [0.1, 0.15) is 245 Å². The van der Waals surface area contributed by atoms with Gasteiger partial charge in [0.2, 0.25) is 5.91 Å². The van der Waals surface area contributed by atoms with Crippen LogP contribution in [-0.2, 0) is 33.2 Å². The van der Waals surface area contributed by atoms with E-state index in [4.69, 9.17) is 28.4 Å². The average molecular weight is 1350 g/mol. The maximum Gasteiger partial charge on any atom is 0.220 e. The van der Waals surface area contributed by atoms with Gasteiger partial charge in [0.1, 0.15) is 73.2 Å². The molecule has 0 aromatic carbocycles. The maximum atomic E-state index is 13.4. The molecule has 95 heavy (non-hydrogen) atoms. The first-order chi connectivity index (χ1) is 46.3. The zero-order valence-corrected chi connectivity index (χ0v) is 58.1. The number of carbonyl (C=O) groups is 1. The van der Waals surface area contributed by atoms with Crippen molar-refractivity contribution in [1.82, 2.24) is 5.32 Å². The molecule has 3 aliphatic rings. The quantitative estimate of drug-likeness (QED) is 0.0199. The molecular weight excluding hydrogens is 1210 g/mol. The summed E-state index contributed by atoms with van der Waals surface area (Å²) in [5.41, 5.74) is 0. The molecule has 0 spiro atoms. The van der Waals surface area contributed by atoms with Crippen molar-refractivity contribution >= 4 is 5.91 Å². The van der Waals surface area contributed by atoms with E-state index in [0.717, 1.165) is 103 Å². The topological polar surface area (TPSA) is 307 Å². The van der Waals surface area contributed by atoms with E-state index < -0.39 is 124 Å². The molecule has 19 heteroatoms. The van der Waals surface area contributed by atoms with E-state index in [2.05, 4.69) is 104 Å². The van der Waals surface area contributed by atoms with E-state index in [9.17, 15) is 61.0 Å². The third-order valence-electron chi connectivity index (χ3n) is 17.9. The molecule has 548 valence electrons. The number of allylic oxidation sites excluding steroid dienone is 15. The molecular formula is C76H131NO18. The zero-order valence-electron chi connectivity index (χ0n) is 58.1. The summed E-state index contributed by atoms with van der Waals surface area (Å²) in [7, 11) is 0. The predicted octanol–water partition coefficient (Wildman–Crippen LogP) is 10.8. The predicted molar refractivity (Wildman–Crippen MR) is 374 cm³/mol. The fraction of sp³-hybridized carbons (Fsp3) is 0.776. The first-order valence-electron chi connectivity index (χ1n) is 37.0. The molecule has 12 N–H and O–H groups in total. The summed E-state index contributed by atoms with van der Waals surface area (Å²) in [5, 5.41) is 121. The summed E-state index contributed by atoms with van der Waals surface area (Å²) in [6.07, 6.45) is 48.0. The molecule has 0 aromatic rings. The van der Waals surface area contributed by atoms with E-state index in [1.165, 1.54) is 116 Å². The third-order valence-corrected chi connectivity index (χ3v) is 17.9. The van der Waals surface area contributed by atoms with Gasteiger partial charge in [-0.2, -0.15) is 0 Å². The highest BCUT2D eigenvalue weighted by Gasteiger charge is 2.53. The summed E-state index contributed by atoms with van der Waals surface area (Å²) in [5.74, 6) is -0.296. The summed E-state index contributed by atoms with van der Waals surface area (Å²) in [4.78, 5) is 13.4. The van der Waals surface area contributed by atoms with Crippen LogP contribution < -0.4 is 5.32 Å². The van der Waals surface area contributed by atoms with E-state index in [-0.39, 0.29) is 18.9 Å². The fourth-order valence-electron chi connectivity index (χ4n) is 11.9. The second-order valence-electron chi connectivity index (χ2n) is 26.0. The van der Waals surface area contributed by atoms with Gasteiger partial charge in [0.25, 0.3) is 0 Å². The zero-order chi connectivity index (χ0) is 68.9. The van der Waals surface area contributed by atoms with Crippen molar-refractivity contribution in [3.8, 4) is 0 Å². The summed E-state index contributed by atoms with van der Waals surface area (Å²) in [6.45, 7) is 1.61. The van der Waals surface area contributed by atoms with Gasteiger partial charge < -0.3 is 89.9 Å². The van der Waals surface area contributed by atoms with Gasteiger partial charge in [-0.3, -0.25) is 4.79 Å². The monoisotopic (exact) mass is 1350 g/mol. The van der Waals surface area contributed by atoms with Crippen LogP contribution in [-0.4, -0.2) is 193 Å². The number of aliphatic hydroxyl groups is 11. The minimum absolute atomic E-state index is 0.215. The molecule has 0 bridgehead atoms. The van der Waals surface area contributed by atoms with Crippen LogP contribution in [0.5, 0.6) is 0 Å². The molecule has 0 aliphatic carbocycles. The second-order valence-corrected chi connectivity index (χ2v) is 26.0. The SMILES string of the molecule is CC/C=C\C/C=C\C/C=C\C/C=C\C/C=C\C/C=C\C/C=C\CCCCCCCC(=O)NC(COC1OC(CO)C(OC2OC(CO)C(OC3OC(CO)C(O)C(O)C3O)C(O)C2O)C(O)C1O)C(O)/C=C/CCCCCCCCCCCCCCCCCCCCCCC. The first-order valence-corrected chi connectivity index (χ1v) is 37.0. The summed E-state index contributed by atoms with van der Waals surface area (Å²) < 4.78 is 34.4. The van der Waals surface area contributed by atoms with Gasteiger partial charge in [-0.1, -0.05) is 259 Å². The Morgan fingerprint density at radius 1 is 0.389 bits per heavy atom. The third kappa shape index (κ3) is 37.6. The Balaban J connectivity index is 1.44. The van der Waals surface area contributed by atoms with Crippen molar-refractivity contribution in [3.05, 3.63) is 97.2 Å². The van der Waals surface area contributed by atoms with Gasteiger partial charge in [-0.05, 0) is 77.0 Å².